The quantitative estimate of drug-likeness (QED) is 0.764. The van der Waals surface area contributed by atoms with Gasteiger partial charge in [-0.1, -0.05) is 22.0 Å². The zero-order valence-corrected chi connectivity index (χ0v) is 14.7. The third-order valence-electron chi connectivity index (χ3n) is 2.73. The minimum absolute atomic E-state index is 0.203. The molecule has 24 heavy (non-hydrogen) atoms. The maximum Gasteiger partial charge on any atom is 0.435 e. The molecule has 2 aromatic rings. The molecule has 5 nitrogen and oxygen atoms in total. The van der Waals surface area contributed by atoms with Crippen molar-refractivity contribution in [1.29, 1.82) is 0 Å². The second kappa shape index (κ2) is 6.46. The number of benzene rings is 1. The molecule has 0 saturated carbocycles. The number of halogens is 4. The van der Waals surface area contributed by atoms with Gasteiger partial charge in [0.15, 0.2) is 5.69 Å². The number of hydrogen-bond acceptors (Lipinski definition) is 3. The summed E-state index contributed by atoms with van der Waals surface area (Å²) in [6.07, 6.45) is -4.77. The van der Waals surface area contributed by atoms with Gasteiger partial charge < -0.3 is 4.74 Å². The van der Waals surface area contributed by atoms with Crippen LogP contribution in [0.15, 0.2) is 34.9 Å². The molecule has 1 aromatic heterocycles. The molecule has 0 spiro atoms. The van der Waals surface area contributed by atoms with Crippen molar-refractivity contribution in [2.24, 2.45) is 0 Å². The SMILES string of the molecule is CC(C)(C)OC(=O)Nc1cnn(-c2cccc(Br)c2)c1C(F)(F)F. The van der Waals surface area contributed by atoms with Crippen molar-refractivity contribution in [3.8, 4) is 5.69 Å². The Bertz CT molecular complexity index is 751. The van der Waals surface area contributed by atoms with E-state index in [0.29, 0.717) is 4.47 Å². The normalized spacial score (nSPS) is 12.1. The van der Waals surface area contributed by atoms with Crippen molar-refractivity contribution in [2.45, 2.75) is 32.5 Å². The first-order valence-electron chi connectivity index (χ1n) is 6.88. The van der Waals surface area contributed by atoms with Gasteiger partial charge in [-0.3, -0.25) is 5.32 Å². The largest absolute Gasteiger partial charge is 0.444 e. The van der Waals surface area contributed by atoms with Gasteiger partial charge in [0.1, 0.15) is 5.60 Å². The molecule has 1 aromatic carbocycles. The molecule has 0 fully saturated rings. The van der Waals surface area contributed by atoms with E-state index in [1.807, 2.05) is 0 Å². The molecule has 0 aliphatic carbocycles. The van der Waals surface area contributed by atoms with E-state index in [1.54, 1.807) is 32.9 Å². The van der Waals surface area contributed by atoms with Crippen LogP contribution >= 0.6 is 15.9 Å². The van der Waals surface area contributed by atoms with E-state index >= 15 is 0 Å². The minimum Gasteiger partial charge on any atom is -0.444 e. The molecule has 9 heteroatoms. The average Bonchev–Trinajstić information content (AvgIpc) is 2.79. The summed E-state index contributed by atoms with van der Waals surface area (Å²) in [5.41, 5.74) is -2.19. The molecule has 130 valence electrons. The highest BCUT2D eigenvalue weighted by atomic mass is 79.9. The van der Waals surface area contributed by atoms with Crippen LogP contribution in [0.5, 0.6) is 0 Å². The Morgan fingerprint density at radius 3 is 2.50 bits per heavy atom. The Labute approximate surface area is 144 Å². The minimum atomic E-state index is -4.72. The van der Waals surface area contributed by atoms with Crippen LogP contribution < -0.4 is 5.32 Å². The number of carbonyl (C=O) groups excluding carboxylic acids is 1. The highest BCUT2D eigenvalue weighted by molar-refractivity contribution is 9.10. The highest BCUT2D eigenvalue weighted by Crippen LogP contribution is 2.36. The molecule has 0 bridgehead atoms. The van der Waals surface area contributed by atoms with Gasteiger partial charge in [0, 0.05) is 4.47 Å². The lowest BCUT2D eigenvalue weighted by Gasteiger charge is -2.20. The number of carbonyl (C=O) groups is 1. The Balaban J connectivity index is 2.42. The van der Waals surface area contributed by atoms with Crippen molar-refractivity contribution in [3.63, 3.8) is 0 Å². The number of hydrogen-bond donors (Lipinski definition) is 1. The van der Waals surface area contributed by atoms with Crippen molar-refractivity contribution in [3.05, 3.63) is 40.6 Å². The van der Waals surface area contributed by atoms with Gasteiger partial charge in [0.25, 0.3) is 0 Å². The maximum absolute atomic E-state index is 13.5. The molecular formula is C15H15BrF3N3O2. The standard InChI is InChI=1S/C15H15BrF3N3O2/c1-14(2,3)24-13(23)21-11-8-20-22(12(11)15(17,18)19)10-6-4-5-9(16)7-10/h4-8H,1-3H3,(H,21,23). The molecule has 0 aliphatic heterocycles. The molecule has 0 unspecified atom stereocenters. The van der Waals surface area contributed by atoms with E-state index < -0.39 is 29.3 Å². The van der Waals surface area contributed by atoms with Gasteiger partial charge in [-0.25, -0.2) is 9.48 Å². The average molecular weight is 406 g/mol. The van der Waals surface area contributed by atoms with Crippen LogP contribution in [0.4, 0.5) is 23.7 Å². The first-order valence-corrected chi connectivity index (χ1v) is 7.68. The number of amides is 1. The van der Waals surface area contributed by atoms with Crippen molar-refractivity contribution >= 4 is 27.7 Å². The molecule has 0 atom stereocenters. The number of alkyl halides is 3. The summed E-state index contributed by atoms with van der Waals surface area (Å²) in [6, 6.07) is 6.23. The first kappa shape index (κ1) is 18.3. The topological polar surface area (TPSA) is 56.1 Å². The molecule has 1 amide bonds. The lowest BCUT2D eigenvalue weighted by molar-refractivity contribution is -0.142. The Hall–Kier alpha value is -2.03. The summed E-state index contributed by atoms with van der Waals surface area (Å²) in [4.78, 5) is 11.8. The Morgan fingerprint density at radius 1 is 1.29 bits per heavy atom. The van der Waals surface area contributed by atoms with Gasteiger partial charge >= 0.3 is 12.3 Å². The van der Waals surface area contributed by atoms with E-state index in [1.165, 1.54) is 12.1 Å². The Kier molecular flexibility index (Phi) is 4.93. The highest BCUT2D eigenvalue weighted by Gasteiger charge is 2.39. The molecular weight excluding hydrogens is 391 g/mol. The molecule has 0 saturated heterocycles. The van der Waals surface area contributed by atoms with Crippen LogP contribution in [0.1, 0.15) is 26.5 Å². The zero-order valence-electron chi connectivity index (χ0n) is 13.1. The van der Waals surface area contributed by atoms with Crippen LogP contribution in [-0.4, -0.2) is 21.5 Å². The van der Waals surface area contributed by atoms with Crippen LogP contribution in [0.25, 0.3) is 5.69 Å². The predicted octanol–water partition coefficient (Wildman–Crippen LogP) is 5.00. The fourth-order valence-corrected chi connectivity index (χ4v) is 2.32. The molecule has 1 heterocycles. The third kappa shape index (κ3) is 4.50. The fraction of sp³-hybridized carbons (Fsp3) is 0.333. The van der Waals surface area contributed by atoms with Gasteiger partial charge in [0.2, 0.25) is 0 Å². The monoisotopic (exact) mass is 405 g/mol. The van der Waals surface area contributed by atoms with E-state index in [0.717, 1.165) is 10.9 Å². The zero-order chi connectivity index (χ0) is 18.1. The molecule has 0 aliphatic rings. The van der Waals surface area contributed by atoms with E-state index in [-0.39, 0.29) is 5.69 Å². The third-order valence-corrected chi connectivity index (χ3v) is 3.22. The summed E-state index contributed by atoms with van der Waals surface area (Å²) in [6.45, 7) is 4.84. The summed E-state index contributed by atoms with van der Waals surface area (Å²) >= 11 is 3.20. The molecule has 1 N–H and O–H groups in total. The van der Waals surface area contributed by atoms with Gasteiger partial charge in [-0.05, 0) is 39.0 Å². The number of rotatable bonds is 2. The second-order valence-corrected chi connectivity index (χ2v) is 6.84. The summed E-state index contributed by atoms with van der Waals surface area (Å²) in [5, 5.41) is 5.85. The predicted molar refractivity (Wildman–Crippen MR) is 86.1 cm³/mol. The van der Waals surface area contributed by atoms with Crippen molar-refractivity contribution in [1.82, 2.24) is 9.78 Å². The van der Waals surface area contributed by atoms with E-state index in [4.69, 9.17) is 4.74 Å². The number of ether oxygens (including phenoxy) is 1. The molecule has 0 radical (unpaired) electrons. The number of nitrogens with zero attached hydrogens (tertiary/aromatic N) is 2. The summed E-state index contributed by atoms with van der Waals surface area (Å²) < 4.78 is 46.7. The summed E-state index contributed by atoms with van der Waals surface area (Å²) in [5.74, 6) is 0. The number of nitrogens with one attached hydrogen (secondary N) is 1. The van der Waals surface area contributed by atoms with Crippen LogP contribution in [0, 0.1) is 0 Å². The smallest absolute Gasteiger partial charge is 0.435 e. The second-order valence-electron chi connectivity index (χ2n) is 5.92. The van der Waals surface area contributed by atoms with Crippen molar-refractivity contribution in [2.75, 3.05) is 5.32 Å². The molecule has 2 rings (SSSR count). The van der Waals surface area contributed by atoms with E-state index in [9.17, 15) is 18.0 Å². The first-order chi connectivity index (χ1) is 11.0. The Morgan fingerprint density at radius 2 is 1.96 bits per heavy atom. The van der Waals surface area contributed by atoms with E-state index in [2.05, 4.69) is 26.3 Å². The van der Waals surface area contributed by atoms with Crippen LogP contribution in [0.2, 0.25) is 0 Å². The van der Waals surface area contributed by atoms with Crippen LogP contribution in [0.3, 0.4) is 0 Å². The number of aromatic nitrogens is 2. The van der Waals surface area contributed by atoms with Crippen LogP contribution in [-0.2, 0) is 10.9 Å². The number of anilines is 1. The van der Waals surface area contributed by atoms with Gasteiger partial charge in [-0.15, -0.1) is 0 Å². The summed E-state index contributed by atoms with van der Waals surface area (Å²) in [7, 11) is 0. The van der Waals surface area contributed by atoms with Gasteiger partial charge in [0.05, 0.1) is 17.6 Å². The van der Waals surface area contributed by atoms with Gasteiger partial charge in [-0.2, -0.15) is 18.3 Å². The fourth-order valence-electron chi connectivity index (χ4n) is 1.93. The lowest BCUT2D eigenvalue weighted by atomic mass is 10.2. The maximum atomic E-state index is 13.5. The lowest BCUT2D eigenvalue weighted by Crippen LogP contribution is -2.28. The van der Waals surface area contributed by atoms with Crippen molar-refractivity contribution < 1.29 is 22.7 Å².